The average molecular weight is 786 g/mol. The van der Waals surface area contributed by atoms with Gasteiger partial charge in [-0.3, -0.25) is 23.9 Å². The summed E-state index contributed by atoms with van der Waals surface area (Å²) in [6, 6.07) is -2.84. The number of rotatable bonds is 14. The number of fused-ring (bicyclic) bond motifs is 2. The molecule has 0 aromatic carbocycles. The Balaban J connectivity index is 1.46. The Labute approximate surface area is 311 Å². The lowest BCUT2D eigenvalue weighted by molar-refractivity contribution is -0.174. The number of carbonyl (C=O) groups excluding carboxylic acids is 5. The van der Waals surface area contributed by atoms with Gasteiger partial charge in [-0.05, 0) is 68.2 Å². The molecule has 5 atom stereocenters. The van der Waals surface area contributed by atoms with Crippen molar-refractivity contribution < 1.29 is 65.0 Å². The second-order valence-corrected chi connectivity index (χ2v) is 16.4. The molecular weight excluding hydrogens is 738 g/mol. The molecule has 300 valence electrons. The van der Waals surface area contributed by atoms with Crippen LogP contribution in [-0.4, -0.2) is 102 Å². The summed E-state index contributed by atoms with van der Waals surface area (Å²) >= 11 is 0. The molecule has 0 bridgehead atoms. The van der Waals surface area contributed by atoms with E-state index < -0.39 is 107 Å². The van der Waals surface area contributed by atoms with E-state index in [1.54, 1.807) is 60.0 Å². The molecule has 4 rings (SSSR count). The molecular formula is C32H47N7O14S. The average Bonchev–Trinajstić information content (AvgIpc) is 3.71. The van der Waals surface area contributed by atoms with Gasteiger partial charge < -0.3 is 38.3 Å². The Morgan fingerprint density at radius 2 is 1.56 bits per heavy atom. The standard InChI is InChI=1S/C32H47N7O14S/c1-30(2,3)27(42)49-15-47-20(40)10-9-18(26(41)48-16-50-28(43)31(4,5)6)37-29(44)38-24-21-25(35-13-34-24)39(14-36-21)19-11-17(12-51-54(33,45)46)22-23(19)53-32(7,8)52-22/h13-14,17-19,22-23H,9-12,15-16H2,1-8H3,(H2,33,45,46)(H2,34,35,37,38,44)/t17-,18+,19-,22-,23+/m1/s1. The largest absolute Gasteiger partial charge is 0.428 e. The van der Waals surface area contributed by atoms with Crippen LogP contribution in [0.3, 0.4) is 0 Å². The molecule has 0 radical (unpaired) electrons. The third-order valence-corrected chi connectivity index (χ3v) is 8.66. The van der Waals surface area contributed by atoms with E-state index in [1.807, 2.05) is 0 Å². The molecule has 4 N–H and O–H groups in total. The van der Waals surface area contributed by atoms with Crippen molar-refractivity contribution in [3.05, 3.63) is 12.7 Å². The lowest BCUT2D eigenvalue weighted by atomic mass is 9.97. The molecule has 1 saturated carbocycles. The number of carbonyl (C=O) groups is 5. The third kappa shape index (κ3) is 11.3. The summed E-state index contributed by atoms with van der Waals surface area (Å²) in [6.07, 6.45) is 1.16. The van der Waals surface area contributed by atoms with Crippen LogP contribution in [0.25, 0.3) is 11.2 Å². The molecule has 2 fully saturated rings. The second-order valence-electron chi connectivity index (χ2n) is 15.2. The van der Waals surface area contributed by atoms with Crippen LogP contribution in [0.2, 0.25) is 0 Å². The lowest BCUT2D eigenvalue weighted by Crippen LogP contribution is -2.44. The van der Waals surface area contributed by atoms with Gasteiger partial charge in [-0.15, -0.1) is 0 Å². The molecule has 1 saturated heterocycles. The molecule has 2 aromatic heterocycles. The second kappa shape index (κ2) is 16.5. The maximum atomic E-state index is 13.3. The van der Waals surface area contributed by atoms with E-state index >= 15 is 0 Å². The predicted molar refractivity (Wildman–Crippen MR) is 184 cm³/mol. The molecule has 2 aliphatic rings. The molecule has 0 unspecified atom stereocenters. The van der Waals surface area contributed by atoms with Gasteiger partial charge in [-0.2, -0.15) is 8.42 Å². The highest BCUT2D eigenvalue weighted by atomic mass is 32.2. The Hall–Kier alpha value is -4.51. The maximum absolute atomic E-state index is 13.3. The van der Waals surface area contributed by atoms with E-state index in [0.717, 1.165) is 0 Å². The lowest BCUT2D eigenvalue weighted by Gasteiger charge is -2.24. The van der Waals surface area contributed by atoms with Crippen molar-refractivity contribution >= 4 is 57.2 Å². The van der Waals surface area contributed by atoms with Crippen molar-refractivity contribution in [1.82, 2.24) is 24.8 Å². The van der Waals surface area contributed by atoms with Gasteiger partial charge in [0.15, 0.2) is 22.8 Å². The van der Waals surface area contributed by atoms with E-state index in [9.17, 15) is 32.4 Å². The molecule has 3 heterocycles. The fourth-order valence-electron chi connectivity index (χ4n) is 5.57. The van der Waals surface area contributed by atoms with Gasteiger partial charge in [-0.25, -0.2) is 29.7 Å². The summed E-state index contributed by atoms with van der Waals surface area (Å²) in [7, 11) is -4.21. The molecule has 1 aliphatic carbocycles. The van der Waals surface area contributed by atoms with Crippen molar-refractivity contribution in [3.63, 3.8) is 0 Å². The van der Waals surface area contributed by atoms with Crippen LogP contribution in [0.4, 0.5) is 10.6 Å². The van der Waals surface area contributed by atoms with Gasteiger partial charge in [0, 0.05) is 12.3 Å². The van der Waals surface area contributed by atoms with Gasteiger partial charge in [0.2, 0.25) is 13.6 Å². The first-order valence-corrected chi connectivity index (χ1v) is 18.4. The third-order valence-electron chi connectivity index (χ3n) is 8.20. The van der Waals surface area contributed by atoms with Gasteiger partial charge >= 0.3 is 40.2 Å². The Morgan fingerprint density at radius 1 is 0.944 bits per heavy atom. The molecule has 2 amide bonds. The summed E-state index contributed by atoms with van der Waals surface area (Å²) in [6.45, 7) is 11.5. The zero-order valence-electron chi connectivity index (χ0n) is 31.3. The Kier molecular flexibility index (Phi) is 12.9. The normalized spacial score (nSPS) is 21.5. The monoisotopic (exact) mass is 785 g/mol. The number of nitrogens with zero attached hydrogens (tertiary/aromatic N) is 4. The highest BCUT2D eigenvalue weighted by Gasteiger charge is 2.55. The SMILES string of the molecule is CC1(C)O[C@@H]2[C@@H](COS(N)(=O)=O)C[C@@H](n3cnc4c(NC(=O)N[C@@H](CCC(=O)OCOC(=O)C(C)(C)C)C(=O)OCOC(=O)C(C)(C)C)ncnc43)[C@@H]2O1. The molecule has 54 heavy (non-hydrogen) atoms. The predicted octanol–water partition coefficient (Wildman–Crippen LogP) is 1.58. The van der Waals surface area contributed by atoms with Gasteiger partial charge in [0.25, 0.3) is 0 Å². The topological polar surface area (TPSA) is 278 Å². The number of nitrogens with two attached hydrogens (primary N) is 1. The van der Waals surface area contributed by atoms with E-state index in [1.165, 1.54) is 12.7 Å². The number of ether oxygens (including phenoxy) is 6. The Bertz CT molecular complexity index is 1840. The number of esters is 4. The Morgan fingerprint density at radius 3 is 2.17 bits per heavy atom. The molecule has 22 heteroatoms. The van der Waals surface area contributed by atoms with Crippen LogP contribution in [0, 0.1) is 16.7 Å². The van der Waals surface area contributed by atoms with E-state index in [2.05, 4.69) is 25.6 Å². The van der Waals surface area contributed by atoms with Gasteiger partial charge in [-0.1, -0.05) is 0 Å². The number of aromatic nitrogens is 4. The van der Waals surface area contributed by atoms with Crippen LogP contribution in [0.1, 0.15) is 80.7 Å². The fourth-order valence-corrected chi connectivity index (χ4v) is 5.93. The van der Waals surface area contributed by atoms with E-state index in [4.69, 9.17) is 37.7 Å². The van der Waals surface area contributed by atoms with Crippen molar-refractivity contribution in [2.24, 2.45) is 21.9 Å². The van der Waals surface area contributed by atoms with Crippen molar-refractivity contribution in [2.75, 3.05) is 25.5 Å². The van der Waals surface area contributed by atoms with Crippen LogP contribution >= 0.6 is 0 Å². The number of imidazole rings is 1. The van der Waals surface area contributed by atoms with Crippen molar-refractivity contribution in [3.8, 4) is 0 Å². The highest BCUT2D eigenvalue weighted by Crippen LogP contribution is 2.47. The summed E-state index contributed by atoms with van der Waals surface area (Å²) in [5, 5.41) is 9.99. The number of nitrogens with one attached hydrogen (secondary N) is 2. The number of urea groups is 1. The smallest absolute Gasteiger partial charge is 0.333 e. The zero-order chi connectivity index (χ0) is 40.2. The first kappa shape index (κ1) is 42.2. The van der Waals surface area contributed by atoms with Crippen molar-refractivity contribution in [2.45, 2.75) is 105 Å². The molecule has 0 spiro atoms. The van der Waals surface area contributed by atoms with E-state index in [0.29, 0.717) is 6.42 Å². The minimum absolute atomic E-state index is 0.0462. The fraction of sp³-hybridized carbons (Fsp3) is 0.688. The van der Waals surface area contributed by atoms with Gasteiger partial charge in [0.05, 0.1) is 35.9 Å². The first-order valence-electron chi connectivity index (χ1n) is 16.9. The highest BCUT2D eigenvalue weighted by molar-refractivity contribution is 7.84. The van der Waals surface area contributed by atoms with Crippen LogP contribution in [0.15, 0.2) is 12.7 Å². The van der Waals surface area contributed by atoms with Gasteiger partial charge in [0.1, 0.15) is 18.5 Å². The number of anilines is 1. The van der Waals surface area contributed by atoms with Crippen LogP contribution in [0.5, 0.6) is 0 Å². The number of hydrogen-bond acceptors (Lipinski definition) is 17. The van der Waals surface area contributed by atoms with Crippen molar-refractivity contribution in [1.29, 1.82) is 0 Å². The number of amides is 2. The summed E-state index contributed by atoms with van der Waals surface area (Å²) in [5.74, 6) is -4.57. The number of hydrogen-bond donors (Lipinski definition) is 3. The minimum atomic E-state index is -4.21. The molecule has 2 aromatic rings. The molecule has 1 aliphatic heterocycles. The van der Waals surface area contributed by atoms with E-state index in [-0.39, 0.29) is 30.0 Å². The zero-order valence-corrected chi connectivity index (χ0v) is 32.1. The summed E-state index contributed by atoms with van der Waals surface area (Å²) in [5.41, 5.74) is -1.25. The maximum Gasteiger partial charge on any atom is 0.333 e. The quantitative estimate of drug-likeness (QED) is 0.181. The summed E-state index contributed by atoms with van der Waals surface area (Å²) < 4.78 is 61.8. The first-order chi connectivity index (χ1) is 24.9. The minimum Gasteiger partial charge on any atom is -0.428 e. The van der Waals surface area contributed by atoms with Crippen LogP contribution in [-0.2, 0) is 62.1 Å². The van der Waals surface area contributed by atoms with Crippen LogP contribution < -0.4 is 15.8 Å². The summed E-state index contributed by atoms with van der Waals surface area (Å²) in [4.78, 5) is 75.6. The molecule has 21 nitrogen and oxygen atoms in total.